The predicted molar refractivity (Wildman–Crippen MR) is 103 cm³/mol. The number of anilines is 1. The SMILES string of the molecule is CCN(C(=O)[C@H](C)Sc1nccn1-c1cccc(F)c1)c1ccccc1. The first-order valence-corrected chi connectivity index (χ1v) is 9.30. The fourth-order valence-electron chi connectivity index (χ4n) is 2.70. The van der Waals surface area contributed by atoms with E-state index in [1.807, 2.05) is 50.2 Å². The molecule has 0 aliphatic carbocycles. The number of amides is 1. The van der Waals surface area contributed by atoms with Crippen LogP contribution in [0, 0.1) is 5.82 Å². The number of hydrogen-bond donors (Lipinski definition) is 0. The van der Waals surface area contributed by atoms with Crippen LogP contribution in [-0.2, 0) is 4.79 Å². The van der Waals surface area contributed by atoms with Gasteiger partial charge in [0.25, 0.3) is 0 Å². The Hall–Kier alpha value is -2.60. The summed E-state index contributed by atoms with van der Waals surface area (Å²) in [6.45, 7) is 4.41. The van der Waals surface area contributed by atoms with Gasteiger partial charge in [0.2, 0.25) is 5.91 Å². The molecule has 4 nitrogen and oxygen atoms in total. The number of imidazole rings is 1. The van der Waals surface area contributed by atoms with Crippen LogP contribution in [0.25, 0.3) is 5.69 Å². The van der Waals surface area contributed by atoms with Crippen molar-refractivity contribution >= 4 is 23.4 Å². The van der Waals surface area contributed by atoms with Crippen LogP contribution in [0.2, 0.25) is 0 Å². The van der Waals surface area contributed by atoms with E-state index in [1.165, 1.54) is 23.9 Å². The molecule has 0 aliphatic rings. The van der Waals surface area contributed by atoms with E-state index in [4.69, 9.17) is 0 Å². The maximum Gasteiger partial charge on any atom is 0.240 e. The average Bonchev–Trinajstić information content (AvgIpc) is 3.11. The average molecular weight is 369 g/mol. The summed E-state index contributed by atoms with van der Waals surface area (Å²) in [4.78, 5) is 19.0. The molecule has 1 aromatic heterocycles. The van der Waals surface area contributed by atoms with Gasteiger partial charge in [0.05, 0.1) is 10.9 Å². The van der Waals surface area contributed by atoms with Crippen LogP contribution in [0.4, 0.5) is 10.1 Å². The van der Waals surface area contributed by atoms with Gasteiger partial charge in [0, 0.05) is 24.6 Å². The largest absolute Gasteiger partial charge is 0.312 e. The summed E-state index contributed by atoms with van der Waals surface area (Å²) in [5.41, 5.74) is 1.56. The summed E-state index contributed by atoms with van der Waals surface area (Å²) in [5.74, 6) is -0.296. The molecular formula is C20H20FN3OS. The number of halogens is 1. The van der Waals surface area contributed by atoms with Crippen LogP contribution in [0.3, 0.4) is 0 Å². The minimum Gasteiger partial charge on any atom is -0.312 e. The molecule has 26 heavy (non-hydrogen) atoms. The van der Waals surface area contributed by atoms with Gasteiger partial charge in [0.1, 0.15) is 5.82 Å². The third-order valence-electron chi connectivity index (χ3n) is 3.97. The van der Waals surface area contributed by atoms with Gasteiger partial charge in [-0.1, -0.05) is 36.0 Å². The molecule has 0 aliphatic heterocycles. The van der Waals surface area contributed by atoms with Gasteiger partial charge >= 0.3 is 0 Å². The Kier molecular flexibility index (Phi) is 5.73. The molecule has 0 N–H and O–H groups in total. The van der Waals surface area contributed by atoms with Crippen molar-refractivity contribution in [3.8, 4) is 5.69 Å². The fourth-order valence-corrected chi connectivity index (χ4v) is 3.65. The van der Waals surface area contributed by atoms with Gasteiger partial charge in [-0.25, -0.2) is 9.37 Å². The van der Waals surface area contributed by atoms with Crippen LogP contribution < -0.4 is 4.90 Å². The highest BCUT2D eigenvalue weighted by Crippen LogP contribution is 2.27. The normalized spacial score (nSPS) is 12.0. The first kappa shape index (κ1) is 18.2. The standard InChI is InChI=1S/C20H20FN3OS/c1-3-23(17-9-5-4-6-10-17)19(25)15(2)26-20-22-12-13-24(20)18-11-7-8-16(21)14-18/h4-15H,3H2,1-2H3/t15-/m0/s1. The van der Waals surface area contributed by atoms with E-state index in [0.29, 0.717) is 17.4 Å². The second kappa shape index (κ2) is 8.19. The number of thioether (sulfide) groups is 1. The molecule has 1 atom stereocenters. The lowest BCUT2D eigenvalue weighted by Gasteiger charge is -2.24. The van der Waals surface area contributed by atoms with Crippen LogP contribution in [-0.4, -0.2) is 27.3 Å². The lowest BCUT2D eigenvalue weighted by Crippen LogP contribution is -2.36. The van der Waals surface area contributed by atoms with E-state index in [1.54, 1.807) is 27.9 Å². The number of carbonyl (C=O) groups excluding carboxylic acids is 1. The number of para-hydroxylation sites is 1. The topological polar surface area (TPSA) is 38.1 Å². The number of rotatable bonds is 6. The highest BCUT2D eigenvalue weighted by Gasteiger charge is 2.23. The molecule has 1 amide bonds. The zero-order chi connectivity index (χ0) is 18.5. The smallest absolute Gasteiger partial charge is 0.240 e. The Morgan fingerprint density at radius 1 is 1.23 bits per heavy atom. The zero-order valence-corrected chi connectivity index (χ0v) is 15.5. The van der Waals surface area contributed by atoms with Crippen molar-refractivity contribution in [1.82, 2.24) is 9.55 Å². The van der Waals surface area contributed by atoms with E-state index in [-0.39, 0.29) is 17.0 Å². The maximum atomic E-state index is 13.5. The van der Waals surface area contributed by atoms with E-state index in [9.17, 15) is 9.18 Å². The summed E-state index contributed by atoms with van der Waals surface area (Å²) >= 11 is 1.36. The van der Waals surface area contributed by atoms with Crippen molar-refractivity contribution < 1.29 is 9.18 Å². The Labute approximate surface area is 156 Å². The van der Waals surface area contributed by atoms with Crippen molar-refractivity contribution in [1.29, 1.82) is 0 Å². The molecule has 2 aromatic carbocycles. The lowest BCUT2D eigenvalue weighted by atomic mass is 10.2. The molecule has 134 valence electrons. The van der Waals surface area contributed by atoms with Crippen molar-refractivity contribution in [3.05, 3.63) is 72.8 Å². The molecule has 0 saturated carbocycles. The Bertz CT molecular complexity index is 882. The minimum atomic E-state index is -0.329. The van der Waals surface area contributed by atoms with E-state index in [2.05, 4.69) is 4.98 Å². The Morgan fingerprint density at radius 2 is 2.00 bits per heavy atom. The maximum absolute atomic E-state index is 13.5. The van der Waals surface area contributed by atoms with Crippen LogP contribution in [0.15, 0.2) is 72.1 Å². The highest BCUT2D eigenvalue weighted by molar-refractivity contribution is 8.00. The number of carbonyl (C=O) groups is 1. The third-order valence-corrected chi connectivity index (χ3v) is 5.04. The molecule has 0 fully saturated rings. The first-order valence-electron chi connectivity index (χ1n) is 8.42. The molecule has 0 spiro atoms. The molecular weight excluding hydrogens is 349 g/mol. The van der Waals surface area contributed by atoms with Gasteiger partial charge in [-0.05, 0) is 44.2 Å². The summed E-state index contributed by atoms with van der Waals surface area (Å²) < 4.78 is 15.3. The van der Waals surface area contributed by atoms with Gasteiger partial charge < -0.3 is 4.90 Å². The van der Waals surface area contributed by atoms with Crippen molar-refractivity contribution in [2.45, 2.75) is 24.3 Å². The zero-order valence-electron chi connectivity index (χ0n) is 14.7. The van der Waals surface area contributed by atoms with Crippen molar-refractivity contribution in [2.75, 3.05) is 11.4 Å². The minimum absolute atomic E-state index is 0.0116. The van der Waals surface area contributed by atoms with E-state index in [0.717, 1.165) is 5.69 Å². The monoisotopic (exact) mass is 369 g/mol. The number of nitrogens with zero attached hydrogens (tertiary/aromatic N) is 3. The van der Waals surface area contributed by atoms with Gasteiger partial charge in [-0.15, -0.1) is 0 Å². The first-order chi connectivity index (χ1) is 12.6. The molecule has 0 unspecified atom stereocenters. The molecule has 0 bridgehead atoms. The summed E-state index contributed by atoms with van der Waals surface area (Å²) in [6, 6.07) is 15.9. The second-order valence-corrected chi connectivity index (χ2v) is 7.05. The van der Waals surface area contributed by atoms with Crippen molar-refractivity contribution in [2.24, 2.45) is 0 Å². The number of benzene rings is 2. The molecule has 3 aromatic rings. The van der Waals surface area contributed by atoms with Gasteiger partial charge in [-0.2, -0.15) is 0 Å². The van der Waals surface area contributed by atoms with Gasteiger partial charge in [0.15, 0.2) is 5.16 Å². The molecule has 0 saturated heterocycles. The second-order valence-electron chi connectivity index (χ2n) is 5.74. The summed E-state index contributed by atoms with van der Waals surface area (Å²) in [6.07, 6.45) is 3.42. The fraction of sp³-hybridized carbons (Fsp3) is 0.200. The Morgan fingerprint density at radius 3 is 2.69 bits per heavy atom. The van der Waals surface area contributed by atoms with Gasteiger partial charge in [-0.3, -0.25) is 9.36 Å². The molecule has 1 heterocycles. The van der Waals surface area contributed by atoms with Crippen LogP contribution in [0.5, 0.6) is 0 Å². The van der Waals surface area contributed by atoms with E-state index >= 15 is 0 Å². The highest BCUT2D eigenvalue weighted by atomic mass is 32.2. The van der Waals surface area contributed by atoms with Crippen LogP contribution in [0.1, 0.15) is 13.8 Å². The van der Waals surface area contributed by atoms with Crippen LogP contribution >= 0.6 is 11.8 Å². The lowest BCUT2D eigenvalue weighted by molar-refractivity contribution is -0.117. The summed E-state index contributed by atoms with van der Waals surface area (Å²) in [5, 5.41) is 0.324. The molecule has 3 rings (SSSR count). The Balaban J connectivity index is 1.79. The molecule has 6 heteroatoms. The van der Waals surface area contributed by atoms with Crippen molar-refractivity contribution in [3.63, 3.8) is 0 Å². The number of aromatic nitrogens is 2. The predicted octanol–water partition coefficient (Wildman–Crippen LogP) is 4.55. The number of hydrogen-bond acceptors (Lipinski definition) is 3. The van der Waals surface area contributed by atoms with E-state index < -0.39 is 0 Å². The molecule has 0 radical (unpaired) electrons. The summed E-state index contributed by atoms with van der Waals surface area (Å²) in [7, 11) is 0. The third kappa shape index (κ3) is 3.96. The quantitative estimate of drug-likeness (QED) is 0.599.